The average Bonchev–Trinajstić information content (AvgIpc) is 2.38. The number of nitrogens with two attached hydrogens (primary N) is 1. The molecule has 1 rings (SSSR count). The first-order chi connectivity index (χ1) is 8.44. The molecule has 1 aliphatic carbocycles. The Morgan fingerprint density at radius 1 is 1.39 bits per heavy atom. The monoisotopic (exact) mass is 256 g/mol. The van der Waals surface area contributed by atoms with Crippen LogP contribution < -0.4 is 11.1 Å². The van der Waals surface area contributed by atoms with Crippen molar-refractivity contribution in [1.29, 1.82) is 0 Å². The van der Waals surface area contributed by atoms with E-state index in [0.29, 0.717) is 6.54 Å². The number of ether oxygens (including phenoxy) is 1. The molecule has 0 heterocycles. The minimum absolute atomic E-state index is 0.0752. The number of hydrogen-bond donors (Lipinski definition) is 2. The number of rotatable bonds is 5. The van der Waals surface area contributed by atoms with E-state index in [1.165, 1.54) is 0 Å². The second-order valence-corrected chi connectivity index (χ2v) is 5.84. The highest BCUT2D eigenvalue weighted by Gasteiger charge is 2.38. The van der Waals surface area contributed by atoms with Gasteiger partial charge in [0.25, 0.3) is 0 Å². The number of amides is 1. The van der Waals surface area contributed by atoms with Crippen LogP contribution in [-0.4, -0.2) is 31.2 Å². The lowest BCUT2D eigenvalue weighted by Crippen LogP contribution is -2.49. The molecule has 4 heteroatoms. The van der Waals surface area contributed by atoms with Crippen LogP contribution in [0.5, 0.6) is 0 Å². The van der Waals surface area contributed by atoms with Gasteiger partial charge in [-0.1, -0.05) is 13.8 Å². The van der Waals surface area contributed by atoms with Crippen molar-refractivity contribution in [1.82, 2.24) is 5.32 Å². The maximum atomic E-state index is 11.5. The highest BCUT2D eigenvalue weighted by atomic mass is 16.5. The van der Waals surface area contributed by atoms with Gasteiger partial charge in [-0.15, -0.1) is 0 Å². The van der Waals surface area contributed by atoms with Crippen molar-refractivity contribution in [2.75, 3.05) is 13.6 Å². The SMILES string of the molecule is CNC(=O)C(C)OC1(CN)CCC(C(C)C)CC1. The lowest BCUT2D eigenvalue weighted by Gasteiger charge is -2.41. The number of carbonyl (C=O) groups excluding carboxylic acids is 1. The first-order valence-electron chi connectivity index (χ1n) is 7.03. The molecule has 1 unspecified atom stereocenters. The van der Waals surface area contributed by atoms with Crippen LogP contribution in [0.4, 0.5) is 0 Å². The van der Waals surface area contributed by atoms with Crippen molar-refractivity contribution in [3.8, 4) is 0 Å². The van der Waals surface area contributed by atoms with Crippen molar-refractivity contribution < 1.29 is 9.53 Å². The molecule has 0 aliphatic heterocycles. The minimum atomic E-state index is -0.422. The van der Waals surface area contributed by atoms with Crippen LogP contribution in [0.1, 0.15) is 46.5 Å². The molecule has 0 radical (unpaired) electrons. The van der Waals surface area contributed by atoms with E-state index in [2.05, 4.69) is 19.2 Å². The lowest BCUT2D eigenvalue weighted by atomic mass is 9.74. The summed E-state index contributed by atoms with van der Waals surface area (Å²) in [6.07, 6.45) is 3.81. The third-order valence-corrected chi connectivity index (χ3v) is 4.30. The fourth-order valence-electron chi connectivity index (χ4n) is 2.83. The van der Waals surface area contributed by atoms with Crippen LogP contribution in [0.25, 0.3) is 0 Å². The van der Waals surface area contributed by atoms with Crippen LogP contribution in [0.2, 0.25) is 0 Å². The van der Waals surface area contributed by atoms with Gasteiger partial charge in [0.15, 0.2) is 0 Å². The van der Waals surface area contributed by atoms with Gasteiger partial charge in [0.1, 0.15) is 6.10 Å². The summed E-state index contributed by atoms with van der Waals surface area (Å²) in [6, 6.07) is 0. The van der Waals surface area contributed by atoms with Crippen molar-refractivity contribution in [2.24, 2.45) is 17.6 Å². The minimum Gasteiger partial charge on any atom is -0.361 e. The van der Waals surface area contributed by atoms with Gasteiger partial charge in [-0.25, -0.2) is 0 Å². The molecule has 0 bridgehead atoms. The number of carbonyl (C=O) groups is 1. The largest absolute Gasteiger partial charge is 0.361 e. The summed E-state index contributed by atoms with van der Waals surface area (Å²) in [5, 5.41) is 2.62. The number of likely N-dealkylation sites (N-methyl/N-ethyl adjacent to an activating group) is 1. The molecule has 0 aromatic carbocycles. The van der Waals surface area contributed by atoms with Crippen LogP contribution in [0.3, 0.4) is 0 Å². The molecule has 1 saturated carbocycles. The molecule has 0 aromatic rings. The molecule has 3 N–H and O–H groups in total. The highest BCUT2D eigenvalue weighted by Crippen LogP contribution is 2.38. The Bertz CT molecular complexity index is 271. The van der Waals surface area contributed by atoms with Crippen LogP contribution in [0.15, 0.2) is 0 Å². The molecule has 18 heavy (non-hydrogen) atoms. The first-order valence-corrected chi connectivity index (χ1v) is 7.03. The van der Waals surface area contributed by atoms with E-state index < -0.39 is 6.10 Å². The predicted octanol–water partition coefficient (Wildman–Crippen LogP) is 1.68. The van der Waals surface area contributed by atoms with E-state index in [0.717, 1.165) is 37.5 Å². The van der Waals surface area contributed by atoms with E-state index in [1.807, 2.05) is 0 Å². The van der Waals surface area contributed by atoms with Gasteiger partial charge in [0.2, 0.25) is 5.91 Å². The van der Waals surface area contributed by atoms with Crippen molar-refractivity contribution in [3.63, 3.8) is 0 Å². The third kappa shape index (κ3) is 3.69. The van der Waals surface area contributed by atoms with Gasteiger partial charge >= 0.3 is 0 Å². The molecule has 1 aliphatic rings. The summed E-state index contributed by atoms with van der Waals surface area (Å²) in [7, 11) is 1.63. The number of nitrogens with one attached hydrogen (secondary N) is 1. The smallest absolute Gasteiger partial charge is 0.248 e. The Balaban J connectivity index is 2.58. The molecule has 0 saturated heterocycles. The van der Waals surface area contributed by atoms with Crippen molar-refractivity contribution in [3.05, 3.63) is 0 Å². The average molecular weight is 256 g/mol. The topological polar surface area (TPSA) is 64.3 Å². The summed E-state index contributed by atoms with van der Waals surface area (Å²) in [5.41, 5.74) is 5.60. The zero-order chi connectivity index (χ0) is 13.8. The first kappa shape index (κ1) is 15.4. The van der Waals surface area contributed by atoms with Gasteiger partial charge in [0, 0.05) is 13.6 Å². The maximum Gasteiger partial charge on any atom is 0.248 e. The molecule has 1 amide bonds. The predicted molar refractivity (Wildman–Crippen MR) is 73.2 cm³/mol. The van der Waals surface area contributed by atoms with Crippen molar-refractivity contribution in [2.45, 2.75) is 58.2 Å². The van der Waals surface area contributed by atoms with Crippen LogP contribution >= 0.6 is 0 Å². The van der Waals surface area contributed by atoms with E-state index in [1.54, 1.807) is 14.0 Å². The van der Waals surface area contributed by atoms with E-state index in [4.69, 9.17) is 10.5 Å². The summed E-state index contributed by atoms with van der Waals surface area (Å²) in [4.78, 5) is 11.5. The molecule has 4 nitrogen and oxygen atoms in total. The van der Waals surface area contributed by atoms with Gasteiger partial charge in [-0.3, -0.25) is 4.79 Å². The molecular weight excluding hydrogens is 228 g/mol. The van der Waals surface area contributed by atoms with Crippen LogP contribution in [-0.2, 0) is 9.53 Å². The normalized spacial score (nSPS) is 30.2. The summed E-state index contributed by atoms with van der Waals surface area (Å²) in [5.74, 6) is 1.41. The van der Waals surface area contributed by atoms with Gasteiger partial charge in [-0.05, 0) is 44.4 Å². The van der Waals surface area contributed by atoms with Gasteiger partial charge < -0.3 is 15.8 Å². The lowest BCUT2D eigenvalue weighted by molar-refractivity contribution is -0.150. The maximum absolute atomic E-state index is 11.5. The fraction of sp³-hybridized carbons (Fsp3) is 0.929. The third-order valence-electron chi connectivity index (χ3n) is 4.30. The molecule has 1 fully saturated rings. The molecule has 0 aromatic heterocycles. The summed E-state index contributed by atoms with van der Waals surface area (Å²) < 4.78 is 5.97. The van der Waals surface area contributed by atoms with E-state index >= 15 is 0 Å². The Kier molecular flexibility index (Phi) is 5.60. The molecule has 0 spiro atoms. The zero-order valence-corrected chi connectivity index (χ0v) is 12.2. The Morgan fingerprint density at radius 2 is 1.94 bits per heavy atom. The van der Waals surface area contributed by atoms with Crippen molar-refractivity contribution >= 4 is 5.91 Å². The quantitative estimate of drug-likeness (QED) is 0.786. The molecule has 1 atom stereocenters. The van der Waals surface area contributed by atoms with Crippen LogP contribution in [0, 0.1) is 11.8 Å². The highest BCUT2D eigenvalue weighted by molar-refractivity contribution is 5.80. The second kappa shape index (κ2) is 6.53. The van der Waals surface area contributed by atoms with Gasteiger partial charge in [-0.2, -0.15) is 0 Å². The van der Waals surface area contributed by atoms with E-state index in [9.17, 15) is 4.79 Å². The Labute approximate surface area is 111 Å². The zero-order valence-electron chi connectivity index (χ0n) is 12.2. The summed E-state index contributed by atoms with van der Waals surface area (Å²) >= 11 is 0. The second-order valence-electron chi connectivity index (χ2n) is 5.84. The van der Waals surface area contributed by atoms with E-state index in [-0.39, 0.29) is 11.5 Å². The molecule has 106 valence electrons. The Morgan fingerprint density at radius 3 is 2.33 bits per heavy atom. The molecular formula is C14H28N2O2. The van der Waals surface area contributed by atoms with Gasteiger partial charge in [0.05, 0.1) is 5.60 Å². The number of hydrogen-bond acceptors (Lipinski definition) is 3. The standard InChI is InChI=1S/C14H28N2O2/c1-10(2)12-5-7-14(9-15,8-6-12)18-11(3)13(17)16-4/h10-12H,5-9,15H2,1-4H3,(H,16,17). The Hall–Kier alpha value is -0.610. The summed E-state index contributed by atoms with van der Waals surface area (Å²) in [6.45, 7) is 6.84. The fourth-order valence-corrected chi connectivity index (χ4v) is 2.83.